The minimum Gasteiger partial charge on any atom is -0.424 e. The highest BCUT2D eigenvalue weighted by atomic mass is 16.4. The van der Waals surface area contributed by atoms with E-state index >= 15 is 0 Å². The molecule has 0 fully saturated rings. The third-order valence-corrected chi connectivity index (χ3v) is 3.85. The van der Waals surface area contributed by atoms with E-state index in [-0.39, 0.29) is 11.8 Å². The molecule has 1 unspecified atom stereocenters. The van der Waals surface area contributed by atoms with Gasteiger partial charge in [0.15, 0.2) is 5.58 Å². The molecular weight excluding hydrogens is 294 g/mol. The number of anilines is 1. The molecule has 0 saturated heterocycles. The molecule has 122 valence electrons. The maximum absolute atomic E-state index is 11.4. The molecule has 0 saturated carbocycles. The smallest absolute Gasteiger partial charge is 0.295 e. The quantitative estimate of drug-likeness (QED) is 0.705. The van der Waals surface area contributed by atoms with E-state index < -0.39 is 0 Å². The van der Waals surface area contributed by atoms with E-state index in [1.807, 2.05) is 25.1 Å². The summed E-state index contributed by atoms with van der Waals surface area (Å²) in [5, 5.41) is 7.34. The van der Waals surface area contributed by atoms with Crippen molar-refractivity contribution < 1.29 is 9.21 Å². The van der Waals surface area contributed by atoms with Gasteiger partial charge >= 0.3 is 0 Å². The molecule has 0 aliphatic carbocycles. The third-order valence-electron chi connectivity index (χ3n) is 3.85. The van der Waals surface area contributed by atoms with Crippen molar-refractivity contribution in [2.45, 2.75) is 26.2 Å². The van der Waals surface area contributed by atoms with Gasteiger partial charge in [-0.25, -0.2) is 5.43 Å². The van der Waals surface area contributed by atoms with Gasteiger partial charge in [-0.2, -0.15) is 10.1 Å². The second-order valence-electron chi connectivity index (χ2n) is 5.76. The Morgan fingerprint density at radius 2 is 2.30 bits per heavy atom. The first-order valence-corrected chi connectivity index (χ1v) is 7.88. The topological polar surface area (TPSA) is 106 Å². The number of carbonyl (C=O) groups is 1. The van der Waals surface area contributed by atoms with Gasteiger partial charge in [0.05, 0.1) is 5.71 Å². The van der Waals surface area contributed by atoms with E-state index in [0.29, 0.717) is 19.0 Å². The van der Waals surface area contributed by atoms with Crippen LogP contribution in [0.4, 0.5) is 6.01 Å². The SMILES string of the molecule is CC1CC(=O)NN=C1c1ccc2oc(NCCCCN)nc2c1. The Kier molecular flexibility index (Phi) is 4.57. The Labute approximate surface area is 134 Å². The van der Waals surface area contributed by atoms with E-state index in [1.165, 1.54) is 0 Å². The molecule has 0 radical (unpaired) electrons. The van der Waals surface area contributed by atoms with Crippen LogP contribution in [0.3, 0.4) is 0 Å². The fraction of sp³-hybridized carbons (Fsp3) is 0.438. The largest absolute Gasteiger partial charge is 0.424 e. The van der Waals surface area contributed by atoms with Crippen molar-refractivity contribution in [1.29, 1.82) is 0 Å². The van der Waals surface area contributed by atoms with Crippen LogP contribution in [-0.4, -0.2) is 29.7 Å². The Hall–Kier alpha value is -2.41. The lowest BCUT2D eigenvalue weighted by Crippen LogP contribution is -2.31. The van der Waals surface area contributed by atoms with Crippen molar-refractivity contribution in [1.82, 2.24) is 10.4 Å². The van der Waals surface area contributed by atoms with Gasteiger partial charge in [-0.3, -0.25) is 4.79 Å². The van der Waals surface area contributed by atoms with Gasteiger partial charge in [-0.05, 0) is 37.6 Å². The van der Waals surface area contributed by atoms with Crippen LogP contribution in [0.25, 0.3) is 11.1 Å². The Morgan fingerprint density at radius 1 is 1.43 bits per heavy atom. The van der Waals surface area contributed by atoms with E-state index in [1.54, 1.807) is 0 Å². The molecule has 23 heavy (non-hydrogen) atoms. The molecular formula is C16H21N5O2. The molecule has 1 amide bonds. The van der Waals surface area contributed by atoms with Crippen molar-refractivity contribution >= 4 is 28.7 Å². The van der Waals surface area contributed by atoms with Crippen LogP contribution < -0.4 is 16.5 Å². The van der Waals surface area contributed by atoms with Gasteiger partial charge in [-0.15, -0.1) is 0 Å². The summed E-state index contributed by atoms with van der Waals surface area (Å²) in [5.41, 5.74) is 11.3. The first-order valence-electron chi connectivity index (χ1n) is 7.88. The van der Waals surface area contributed by atoms with Gasteiger partial charge in [0.2, 0.25) is 5.91 Å². The molecule has 1 atom stereocenters. The minimum atomic E-state index is -0.0484. The first-order chi connectivity index (χ1) is 11.2. The van der Waals surface area contributed by atoms with Crippen LogP contribution in [0.2, 0.25) is 0 Å². The number of carbonyl (C=O) groups excluding carboxylic acids is 1. The Morgan fingerprint density at radius 3 is 3.09 bits per heavy atom. The van der Waals surface area contributed by atoms with Gasteiger partial charge in [0.1, 0.15) is 5.52 Å². The van der Waals surface area contributed by atoms with Crippen molar-refractivity contribution in [3.8, 4) is 0 Å². The molecule has 1 aliphatic heterocycles. The summed E-state index contributed by atoms with van der Waals surface area (Å²) in [6, 6.07) is 6.28. The molecule has 4 N–H and O–H groups in total. The van der Waals surface area contributed by atoms with E-state index in [0.717, 1.165) is 41.8 Å². The zero-order valence-corrected chi connectivity index (χ0v) is 13.1. The number of hydrazone groups is 1. The number of unbranched alkanes of at least 4 members (excludes halogenated alkanes) is 1. The number of aromatic nitrogens is 1. The summed E-state index contributed by atoms with van der Waals surface area (Å²) < 4.78 is 5.67. The number of nitrogens with one attached hydrogen (secondary N) is 2. The van der Waals surface area contributed by atoms with Crippen molar-refractivity contribution in [2.24, 2.45) is 16.8 Å². The van der Waals surface area contributed by atoms with Crippen LogP contribution in [0.15, 0.2) is 27.7 Å². The molecule has 0 bridgehead atoms. The summed E-state index contributed by atoms with van der Waals surface area (Å²) >= 11 is 0. The maximum atomic E-state index is 11.4. The zero-order valence-electron chi connectivity index (χ0n) is 13.1. The highest BCUT2D eigenvalue weighted by Gasteiger charge is 2.22. The van der Waals surface area contributed by atoms with E-state index in [4.69, 9.17) is 10.2 Å². The van der Waals surface area contributed by atoms with Crippen LogP contribution in [0, 0.1) is 5.92 Å². The highest BCUT2D eigenvalue weighted by molar-refractivity contribution is 6.07. The van der Waals surface area contributed by atoms with E-state index in [2.05, 4.69) is 20.8 Å². The number of hydrogen-bond donors (Lipinski definition) is 3. The Bertz CT molecular complexity index is 737. The number of rotatable bonds is 6. The predicted octanol–water partition coefficient (Wildman–Crippen LogP) is 1.84. The van der Waals surface area contributed by atoms with Gasteiger partial charge < -0.3 is 15.5 Å². The number of oxazole rings is 1. The van der Waals surface area contributed by atoms with Crippen LogP contribution in [-0.2, 0) is 4.79 Å². The first kappa shape index (κ1) is 15.5. The zero-order chi connectivity index (χ0) is 16.2. The minimum absolute atomic E-state index is 0.0484. The monoisotopic (exact) mass is 315 g/mol. The number of fused-ring (bicyclic) bond motifs is 1. The number of hydrogen-bond acceptors (Lipinski definition) is 6. The van der Waals surface area contributed by atoms with Crippen molar-refractivity contribution in [3.63, 3.8) is 0 Å². The lowest BCUT2D eigenvalue weighted by Gasteiger charge is -2.18. The lowest BCUT2D eigenvalue weighted by atomic mass is 9.94. The number of nitrogens with zero attached hydrogens (tertiary/aromatic N) is 2. The predicted molar refractivity (Wildman–Crippen MR) is 89.2 cm³/mol. The molecule has 1 aromatic heterocycles. The van der Waals surface area contributed by atoms with Crippen LogP contribution >= 0.6 is 0 Å². The molecule has 1 aromatic carbocycles. The highest BCUT2D eigenvalue weighted by Crippen LogP contribution is 2.23. The number of nitrogens with two attached hydrogens (primary N) is 1. The van der Waals surface area contributed by atoms with E-state index in [9.17, 15) is 4.79 Å². The second kappa shape index (κ2) is 6.78. The van der Waals surface area contributed by atoms with Gasteiger partial charge in [-0.1, -0.05) is 6.92 Å². The molecule has 1 aliphatic rings. The summed E-state index contributed by atoms with van der Waals surface area (Å²) in [7, 11) is 0. The molecule has 7 nitrogen and oxygen atoms in total. The van der Waals surface area contributed by atoms with Gasteiger partial charge in [0.25, 0.3) is 6.01 Å². The lowest BCUT2D eigenvalue weighted by molar-refractivity contribution is -0.121. The van der Waals surface area contributed by atoms with Crippen LogP contribution in [0.1, 0.15) is 31.7 Å². The second-order valence-corrected chi connectivity index (χ2v) is 5.76. The molecule has 3 rings (SSSR count). The Balaban J connectivity index is 1.78. The van der Waals surface area contributed by atoms with Gasteiger partial charge in [0, 0.05) is 24.4 Å². The summed E-state index contributed by atoms with van der Waals surface area (Å²) in [6.07, 6.45) is 2.40. The summed E-state index contributed by atoms with van der Waals surface area (Å²) in [6.45, 7) is 3.47. The number of benzene rings is 1. The standard InChI is InChI=1S/C16H21N5O2/c1-10-8-14(22)20-21-15(10)11-4-5-13-12(9-11)19-16(23-13)18-7-3-2-6-17/h4-5,9-10H,2-3,6-8,17H2,1H3,(H,18,19)(H,20,22). The fourth-order valence-corrected chi connectivity index (χ4v) is 2.63. The van der Waals surface area contributed by atoms with Crippen molar-refractivity contribution in [2.75, 3.05) is 18.4 Å². The molecule has 2 heterocycles. The van der Waals surface area contributed by atoms with Crippen molar-refractivity contribution in [3.05, 3.63) is 23.8 Å². The third kappa shape index (κ3) is 3.50. The average Bonchev–Trinajstić information content (AvgIpc) is 2.93. The molecule has 2 aromatic rings. The summed E-state index contributed by atoms with van der Waals surface area (Å²) in [4.78, 5) is 15.8. The normalized spacial score (nSPS) is 17.9. The molecule has 0 spiro atoms. The molecule has 7 heteroatoms. The maximum Gasteiger partial charge on any atom is 0.295 e. The average molecular weight is 315 g/mol. The number of amides is 1. The van der Waals surface area contributed by atoms with Crippen LogP contribution in [0.5, 0.6) is 0 Å². The summed E-state index contributed by atoms with van der Waals surface area (Å²) in [5.74, 6) is 0.0367. The fourth-order valence-electron chi connectivity index (χ4n) is 2.63.